The molecule has 4 heterocycles. The summed E-state index contributed by atoms with van der Waals surface area (Å²) in [5.41, 5.74) is 4.26. The quantitative estimate of drug-likeness (QED) is 0.141. The number of hydrazone groups is 1. The minimum atomic E-state index is -0.452. The fourth-order valence-electron chi connectivity index (χ4n) is 4.90. The topological polar surface area (TPSA) is 71.6 Å². The highest BCUT2D eigenvalue weighted by molar-refractivity contribution is 9.10. The van der Waals surface area contributed by atoms with Crippen molar-refractivity contribution in [3.05, 3.63) is 120 Å². The molecule has 0 spiro atoms. The molecular formula is C30H17BrCl2N4O2S. The number of benzene rings is 3. The molecule has 196 valence electrons. The maximum atomic E-state index is 12.9. The van der Waals surface area contributed by atoms with Gasteiger partial charge in [0.25, 0.3) is 0 Å². The Morgan fingerprint density at radius 3 is 2.62 bits per heavy atom. The van der Waals surface area contributed by atoms with Crippen molar-refractivity contribution in [2.75, 3.05) is 5.01 Å². The van der Waals surface area contributed by atoms with Gasteiger partial charge in [-0.15, -0.1) is 11.3 Å². The van der Waals surface area contributed by atoms with Gasteiger partial charge in [-0.25, -0.2) is 19.8 Å². The summed E-state index contributed by atoms with van der Waals surface area (Å²) in [6, 6.07) is 24.6. The van der Waals surface area contributed by atoms with Crippen LogP contribution in [0.1, 0.15) is 23.6 Å². The summed E-state index contributed by atoms with van der Waals surface area (Å²) in [5, 5.41) is 12.1. The lowest BCUT2D eigenvalue weighted by Crippen LogP contribution is -2.19. The van der Waals surface area contributed by atoms with Crippen LogP contribution in [0.3, 0.4) is 0 Å². The first kappa shape index (κ1) is 25.4. The fraction of sp³-hybridized carbons (Fsp3) is 0.0667. The molecule has 6 aromatic rings. The number of anilines is 1. The second-order valence-corrected chi connectivity index (χ2v) is 11.8. The molecule has 1 aliphatic heterocycles. The molecule has 0 amide bonds. The van der Waals surface area contributed by atoms with Crippen LogP contribution in [-0.2, 0) is 0 Å². The lowest BCUT2D eigenvalue weighted by Gasteiger charge is -2.22. The summed E-state index contributed by atoms with van der Waals surface area (Å²) in [7, 11) is 0. The third-order valence-electron chi connectivity index (χ3n) is 6.82. The fourth-order valence-corrected chi connectivity index (χ4v) is 6.61. The number of nitrogens with zero attached hydrogens (tertiary/aromatic N) is 4. The number of thiazole rings is 1. The highest BCUT2D eigenvalue weighted by atomic mass is 79.9. The predicted molar refractivity (Wildman–Crippen MR) is 166 cm³/mol. The first-order valence-corrected chi connectivity index (χ1v) is 14.7. The molecule has 0 aliphatic carbocycles. The number of rotatable bonds is 4. The number of fused-ring (bicyclic) bond motifs is 2. The lowest BCUT2D eigenvalue weighted by molar-refractivity contribution is 0.563. The monoisotopic (exact) mass is 646 g/mol. The van der Waals surface area contributed by atoms with Gasteiger partial charge in [-0.05, 0) is 42.5 Å². The number of hydrogen-bond acceptors (Lipinski definition) is 7. The summed E-state index contributed by atoms with van der Waals surface area (Å²) in [6.45, 7) is 0. The minimum absolute atomic E-state index is 0.279. The van der Waals surface area contributed by atoms with Crippen molar-refractivity contribution in [2.45, 2.75) is 12.5 Å². The molecule has 3 aromatic heterocycles. The van der Waals surface area contributed by atoms with Gasteiger partial charge < -0.3 is 4.42 Å². The van der Waals surface area contributed by atoms with E-state index in [4.69, 9.17) is 37.7 Å². The number of para-hydroxylation sites is 1. The Kier molecular flexibility index (Phi) is 6.43. The zero-order valence-electron chi connectivity index (χ0n) is 20.5. The van der Waals surface area contributed by atoms with E-state index in [0.29, 0.717) is 38.6 Å². The molecule has 3 aromatic carbocycles. The molecule has 40 heavy (non-hydrogen) atoms. The number of hydrogen-bond donors (Lipinski definition) is 0. The van der Waals surface area contributed by atoms with Crippen LogP contribution in [0.25, 0.3) is 33.1 Å². The molecule has 0 radical (unpaired) electrons. The molecule has 6 nitrogen and oxygen atoms in total. The molecule has 7 rings (SSSR count). The van der Waals surface area contributed by atoms with Gasteiger partial charge >= 0.3 is 5.63 Å². The van der Waals surface area contributed by atoms with E-state index < -0.39 is 5.63 Å². The van der Waals surface area contributed by atoms with Crippen LogP contribution in [0, 0.1) is 0 Å². The van der Waals surface area contributed by atoms with Gasteiger partial charge in [-0.3, -0.25) is 0 Å². The molecule has 0 bridgehead atoms. The smallest absolute Gasteiger partial charge is 0.345 e. The largest absolute Gasteiger partial charge is 0.422 e. The van der Waals surface area contributed by atoms with E-state index in [1.165, 1.54) is 11.3 Å². The Bertz CT molecular complexity index is 2040. The van der Waals surface area contributed by atoms with Crippen LogP contribution in [0.15, 0.2) is 103 Å². The highest BCUT2D eigenvalue weighted by Gasteiger charge is 2.34. The van der Waals surface area contributed by atoms with Crippen molar-refractivity contribution in [1.29, 1.82) is 0 Å². The SMILES string of the molecule is O=c1oc2ccc(Br)cc2cc1-c1csc(N2N=C(c3ccccc3Cl)CC2c2cc3ccccc3nc2Cl)n1. The van der Waals surface area contributed by atoms with Crippen LogP contribution >= 0.6 is 50.5 Å². The Labute approximate surface area is 250 Å². The van der Waals surface area contributed by atoms with Crippen molar-refractivity contribution in [3.8, 4) is 11.3 Å². The van der Waals surface area contributed by atoms with Gasteiger partial charge in [-0.1, -0.05) is 75.5 Å². The number of pyridine rings is 1. The Balaban J connectivity index is 1.34. The van der Waals surface area contributed by atoms with E-state index in [9.17, 15) is 4.79 Å². The van der Waals surface area contributed by atoms with Gasteiger partial charge in [0.05, 0.1) is 28.5 Å². The van der Waals surface area contributed by atoms with Gasteiger partial charge in [-0.2, -0.15) is 5.10 Å². The van der Waals surface area contributed by atoms with Crippen LogP contribution in [0.5, 0.6) is 0 Å². The predicted octanol–water partition coefficient (Wildman–Crippen LogP) is 8.89. The number of halogens is 3. The molecule has 0 N–H and O–H groups in total. The molecule has 1 unspecified atom stereocenters. The Morgan fingerprint density at radius 1 is 0.925 bits per heavy atom. The second kappa shape index (κ2) is 10.1. The van der Waals surface area contributed by atoms with Crippen molar-refractivity contribution in [3.63, 3.8) is 0 Å². The zero-order chi connectivity index (χ0) is 27.4. The minimum Gasteiger partial charge on any atom is -0.422 e. The van der Waals surface area contributed by atoms with Crippen molar-refractivity contribution >= 4 is 83.2 Å². The maximum absolute atomic E-state index is 12.9. The van der Waals surface area contributed by atoms with Gasteiger partial charge in [0.1, 0.15) is 10.7 Å². The summed E-state index contributed by atoms with van der Waals surface area (Å²) in [6.07, 6.45) is 0.546. The molecular weight excluding hydrogens is 631 g/mol. The molecule has 1 aliphatic rings. The van der Waals surface area contributed by atoms with Crippen LogP contribution < -0.4 is 10.6 Å². The zero-order valence-corrected chi connectivity index (χ0v) is 24.4. The maximum Gasteiger partial charge on any atom is 0.345 e. The van der Waals surface area contributed by atoms with E-state index in [1.54, 1.807) is 12.1 Å². The summed E-state index contributed by atoms with van der Waals surface area (Å²) >= 11 is 18.2. The third-order valence-corrected chi connectivity index (χ3v) is 8.77. The van der Waals surface area contributed by atoms with Crippen LogP contribution in [-0.4, -0.2) is 15.7 Å². The molecule has 0 saturated carbocycles. The molecule has 0 fully saturated rings. The van der Waals surface area contributed by atoms with E-state index in [0.717, 1.165) is 37.6 Å². The van der Waals surface area contributed by atoms with Gasteiger partial charge in [0, 0.05) is 43.2 Å². The van der Waals surface area contributed by atoms with E-state index in [2.05, 4.69) is 27.0 Å². The van der Waals surface area contributed by atoms with Gasteiger partial charge in [0.2, 0.25) is 5.13 Å². The Hall–Kier alpha value is -3.56. The van der Waals surface area contributed by atoms with E-state index >= 15 is 0 Å². The second-order valence-electron chi connectivity index (χ2n) is 9.30. The van der Waals surface area contributed by atoms with E-state index in [-0.39, 0.29) is 6.04 Å². The average molecular weight is 648 g/mol. The van der Waals surface area contributed by atoms with E-state index in [1.807, 2.05) is 71.1 Å². The standard InChI is InChI=1S/C30H17BrCl2N4O2S/c31-18-9-10-27-17(11-18)13-20(29(38)39-27)25-15-40-30(35-25)37-26(14-24(36-37)19-6-2-3-7-22(19)32)21-12-16-5-1-4-8-23(16)34-28(21)33/h1-13,15,26H,14H2. The first-order chi connectivity index (χ1) is 19.4. The molecule has 10 heteroatoms. The normalized spacial score (nSPS) is 15.2. The van der Waals surface area contributed by atoms with Crippen molar-refractivity contribution in [2.24, 2.45) is 5.10 Å². The summed E-state index contributed by atoms with van der Waals surface area (Å²) in [4.78, 5) is 22.4. The summed E-state index contributed by atoms with van der Waals surface area (Å²) in [5.74, 6) is 0. The molecule has 1 atom stereocenters. The first-order valence-electron chi connectivity index (χ1n) is 12.3. The van der Waals surface area contributed by atoms with Gasteiger partial charge in [0.15, 0.2) is 0 Å². The van der Waals surface area contributed by atoms with Crippen molar-refractivity contribution in [1.82, 2.24) is 9.97 Å². The third kappa shape index (κ3) is 4.51. The van der Waals surface area contributed by atoms with Crippen molar-refractivity contribution < 1.29 is 4.42 Å². The van der Waals surface area contributed by atoms with Crippen LogP contribution in [0.2, 0.25) is 10.2 Å². The Morgan fingerprint density at radius 2 is 1.75 bits per heavy atom. The lowest BCUT2D eigenvalue weighted by atomic mass is 9.98. The van der Waals surface area contributed by atoms with Crippen LogP contribution in [0.4, 0.5) is 5.13 Å². The number of aromatic nitrogens is 2. The summed E-state index contributed by atoms with van der Waals surface area (Å²) < 4.78 is 6.47. The highest BCUT2D eigenvalue weighted by Crippen LogP contribution is 2.42. The average Bonchev–Trinajstić information content (AvgIpc) is 3.61. The molecule has 0 saturated heterocycles.